The smallest absolute Gasteiger partial charge is 0.213 e. The lowest BCUT2D eigenvalue weighted by Crippen LogP contribution is -2.41. The largest absolute Gasteiger partial charge is 0.472 e. The molecule has 0 amide bonds. The summed E-state index contributed by atoms with van der Waals surface area (Å²) in [5.74, 6) is 0.568. The number of nitriles is 1. The number of ether oxygens (including phenoxy) is 2. The monoisotopic (exact) mass is 259 g/mol. The SMILES string of the molecule is N#Cc1ccc(OC2COC3(CCNCC3)C2)nc1. The lowest BCUT2D eigenvalue weighted by molar-refractivity contribution is -0.0205. The van der Waals surface area contributed by atoms with Crippen molar-refractivity contribution in [1.29, 1.82) is 5.26 Å². The van der Waals surface area contributed by atoms with Crippen molar-refractivity contribution in [2.45, 2.75) is 31.0 Å². The van der Waals surface area contributed by atoms with E-state index in [1.165, 1.54) is 6.20 Å². The number of piperidine rings is 1. The van der Waals surface area contributed by atoms with Gasteiger partial charge in [0.15, 0.2) is 0 Å². The quantitative estimate of drug-likeness (QED) is 0.865. The Labute approximate surface area is 112 Å². The third-order valence-electron chi connectivity index (χ3n) is 3.84. The Morgan fingerprint density at radius 1 is 1.42 bits per heavy atom. The highest BCUT2D eigenvalue weighted by Crippen LogP contribution is 2.35. The summed E-state index contributed by atoms with van der Waals surface area (Å²) >= 11 is 0. The molecule has 1 atom stereocenters. The molecule has 1 N–H and O–H groups in total. The molecule has 1 spiro atoms. The average molecular weight is 259 g/mol. The molecule has 1 unspecified atom stereocenters. The van der Waals surface area contributed by atoms with E-state index in [0.717, 1.165) is 32.4 Å². The molecule has 3 heterocycles. The van der Waals surface area contributed by atoms with E-state index in [0.29, 0.717) is 18.1 Å². The highest BCUT2D eigenvalue weighted by atomic mass is 16.6. The molecule has 19 heavy (non-hydrogen) atoms. The second-order valence-corrected chi connectivity index (χ2v) is 5.18. The number of rotatable bonds is 2. The molecule has 0 saturated carbocycles. The van der Waals surface area contributed by atoms with Crippen molar-refractivity contribution in [3.63, 3.8) is 0 Å². The Hall–Kier alpha value is -1.64. The Kier molecular flexibility index (Phi) is 3.36. The summed E-state index contributed by atoms with van der Waals surface area (Å²) in [5.41, 5.74) is 0.549. The van der Waals surface area contributed by atoms with Gasteiger partial charge in [0, 0.05) is 18.7 Å². The molecule has 5 heteroatoms. The molecular formula is C14H17N3O2. The van der Waals surface area contributed by atoms with E-state index in [9.17, 15) is 0 Å². The molecule has 100 valence electrons. The van der Waals surface area contributed by atoms with E-state index in [1.54, 1.807) is 12.1 Å². The van der Waals surface area contributed by atoms with Crippen molar-refractivity contribution in [2.75, 3.05) is 19.7 Å². The van der Waals surface area contributed by atoms with Crippen LogP contribution in [0.25, 0.3) is 0 Å². The van der Waals surface area contributed by atoms with Crippen LogP contribution in [0.2, 0.25) is 0 Å². The number of nitrogens with one attached hydrogen (secondary N) is 1. The van der Waals surface area contributed by atoms with E-state index in [1.807, 2.05) is 6.07 Å². The molecule has 2 aliphatic heterocycles. The Morgan fingerprint density at radius 2 is 2.26 bits per heavy atom. The normalized spacial score (nSPS) is 25.1. The minimum absolute atomic E-state index is 0.00249. The van der Waals surface area contributed by atoms with Crippen LogP contribution in [-0.2, 0) is 4.74 Å². The predicted octanol–water partition coefficient (Wildman–Crippen LogP) is 1.24. The van der Waals surface area contributed by atoms with Gasteiger partial charge in [-0.15, -0.1) is 0 Å². The molecule has 2 saturated heterocycles. The molecule has 0 aromatic carbocycles. The van der Waals surface area contributed by atoms with E-state index < -0.39 is 0 Å². The fourth-order valence-electron chi connectivity index (χ4n) is 2.80. The van der Waals surface area contributed by atoms with Crippen molar-refractivity contribution >= 4 is 0 Å². The van der Waals surface area contributed by atoms with E-state index in [2.05, 4.69) is 10.3 Å². The summed E-state index contributed by atoms with van der Waals surface area (Å²) in [5, 5.41) is 12.1. The van der Waals surface area contributed by atoms with Crippen LogP contribution in [0.3, 0.4) is 0 Å². The maximum atomic E-state index is 8.72. The fraction of sp³-hybridized carbons (Fsp3) is 0.571. The van der Waals surface area contributed by atoms with Gasteiger partial charge in [0.05, 0.1) is 17.8 Å². The Morgan fingerprint density at radius 3 is 2.95 bits per heavy atom. The second kappa shape index (κ2) is 5.16. The van der Waals surface area contributed by atoms with Crippen LogP contribution in [0.5, 0.6) is 5.88 Å². The van der Waals surface area contributed by atoms with Gasteiger partial charge in [-0.1, -0.05) is 0 Å². The lowest BCUT2D eigenvalue weighted by atomic mass is 9.89. The van der Waals surface area contributed by atoms with E-state index >= 15 is 0 Å². The van der Waals surface area contributed by atoms with Gasteiger partial charge in [0.2, 0.25) is 5.88 Å². The van der Waals surface area contributed by atoms with Gasteiger partial charge in [-0.3, -0.25) is 0 Å². The van der Waals surface area contributed by atoms with Crippen LogP contribution in [0, 0.1) is 11.3 Å². The molecule has 1 aromatic rings. The summed E-state index contributed by atoms with van der Waals surface area (Å²) < 4.78 is 11.8. The first-order valence-electron chi connectivity index (χ1n) is 6.67. The standard InChI is InChI=1S/C14H17N3O2/c15-8-11-1-2-13(17-9-11)19-12-7-14(18-10-12)3-5-16-6-4-14/h1-2,9,12,16H,3-7,10H2. The van der Waals surface area contributed by atoms with Crippen LogP contribution in [0.15, 0.2) is 18.3 Å². The molecule has 0 radical (unpaired) electrons. The summed E-state index contributed by atoms with van der Waals surface area (Å²) in [7, 11) is 0. The van der Waals surface area contributed by atoms with Crippen LogP contribution in [0.4, 0.5) is 0 Å². The molecular weight excluding hydrogens is 242 g/mol. The van der Waals surface area contributed by atoms with Crippen molar-refractivity contribution in [3.05, 3.63) is 23.9 Å². The summed E-state index contributed by atoms with van der Waals surface area (Å²) in [6.07, 6.45) is 4.63. The summed E-state index contributed by atoms with van der Waals surface area (Å²) in [6.45, 7) is 2.66. The highest BCUT2D eigenvalue weighted by molar-refractivity contribution is 5.28. The first kappa shape index (κ1) is 12.4. The average Bonchev–Trinajstić information content (AvgIpc) is 2.83. The molecule has 3 rings (SSSR count). The van der Waals surface area contributed by atoms with Gasteiger partial charge in [-0.05, 0) is 32.0 Å². The zero-order valence-corrected chi connectivity index (χ0v) is 10.8. The minimum Gasteiger partial charge on any atom is -0.472 e. The number of aromatic nitrogens is 1. The van der Waals surface area contributed by atoms with Crippen LogP contribution in [-0.4, -0.2) is 36.4 Å². The fourth-order valence-corrected chi connectivity index (χ4v) is 2.80. The van der Waals surface area contributed by atoms with Crippen molar-refractivity contribution in [3.8, 4) is 11.9 Å². The Bertz CT molecular complexity index is 474. The van der Waals surface area contributed by atoms with Crippen LogP contribution >= 0.6 is 0 Å². The van der Waals surface area contributed by atoms with Crippen molar-refractivity contribution < 1.29 is 9.47 Å². The number of nitrogens with zero attached hydrogens (tertiary/aromatic N) is 2. The maximum Gasteiger partial charge on any atom is 0.213 e. The molecule has 0 bridgehead atoms. The third-order valence-corrected chi connectivity index (χ3v) is 3.84. The van der Waals surface area contributed by atoms with Gasteiger partial charge in [0.1, 0.15) is 12.2 Å². The molecule has 0 aliphatic carbocycles. The molecule has 2 fully saturated rings. The zero-order valence-electron chi connectivity index (χ0n) is 10.8. The lowest BCUT2D eigenvalue weighted by Gasteiger charge is -2.32. The van der Waals surface area contributed by atoms with Crippen molar-refractivity contribution in [2.24, 2.45) is 0 Å². The minimum atomic E-state index is 0.00249. The summed E-state index contributed by atoms with van der Waals surface area (Å²) in [4.78, 5) is 4.13. The molecule has 1 aromatic heterocycles. The second-order valence-electron chi connectivity index (χ2n) is 5.18. The van der Waals surface area contributed by atoms with E-state index in [-0.39, 0.29) is 11.7 Å². The molecule has 2 aliphatic rings. The zero-order chi connectivity index (χ0) is 13.1. The topological polar surface area (TPSA) is 67.2 Å². The van der Waals surface area contributed by atoms with Crippen molar-refractivity contribution in [1.82, 2.24) is 10.3 Å². The first-order chi connectivity index (χ1) is 9.30. The van der Waals surface area contributed by atoms with Crippen LogP contribution in [0.1, 0.15) is 24.8 Å². The first-order valence-corrected chi connectivity index (χ1v) is 6.67. The molecule has 5 nitrogen and oxygen atoms in total. The van der Waals surface area contributed by atoms with Crippen LogP contribution < -0.4 is 10.1 Å². The number of hydrogen-bond acceptors (Lipinski definition) is 5. The van der Waals surface area contributed by atoms with Gasteiger partial charge < -0.3 is 14.8 Å². The predicted molar refractivity (Wildman–Crippen MR) is 68.8 cm³/mol. The number of hydrogen-bond donors (Lipinski definition) is 1. The highest BCUT2D eigenvalue weighted by Gasteiger charge is 2.42. The number of pyridine rings is 1. The van der Waals surface area contributed by atoms with Gasteiger partial charge in [0.25, 0.3) is 0 Å². The van der Waals surface area contributed by atoms with Gasteiger partial charge in [-0.25, -0.2) is 4.98 Å². The summed E-state index contributed by atoms with van der Waals surface area (Å²) in [6, 6.07) is 5.51. The van der Waals surface area contributed by atoms with E-state index in [4.69, 9.17) is 14.7 Å². The van der Waals surface area contributed by atoms with Gasteiger partial charge >= 0.3 is 0 Å². The van der Waals surface area contributed by atoms with Gasteiger partial charge in [-0.2, -0.15) is 5.26 Å². The Balaban J connectivity index is 1.60. The maximum absolute atomic E-state index is 8.72. The third kappa shape index (κ3) is 2.70.